The summed E-state index contributed by atoms with van der Waals surface area (Å²) in [7, 11) is 0. The number of pyridine rings is 1. The highest BCUT2D eigenvalue weighted by molar-refractivity contribution is 5.95. The van der Waals surface area contributed by atoms with Gasteiger partial charge in [0.1, 0.15) is 6.61 Å². The smallest absolute Gasteiger partial charge is 0.254 e. The van der Waals surface area contributed by atoms with Gasteiger partial charge in [-0.15, -0.1) is 0 Å². The van der Waals surface area contributed by atoms with Crippen LogP contribution in [0.15, 0.2) is 48.7 Å². The zero-order valence-corrected chi connectivity index (χ0v) is 17.0. The van der Waals surface area contributed by atoms with E-state index in [2.05, 4.69) is 17.2 Å². The molecule has 1 saturated heterocycles. The molecule has 1 aliphatic heterocycles. The number of likely N-dealkylation sites (tertiary alicyclic amines) is 1. The normalized spacial score (nSPS) is 16.3. The van der Waals surface area contributed by atoms with Crippen LogP contribution in [0.1, 0.15) is 48.5 Å². The van der Waals surface area contributed by atoms with Gasteiger partial charge in [0.2, 0.25) is 11.8 Å². The van der Waals surface area contributed by atoms with E-state index in [0.29, 0.717) is 37.7 Å². The molecule has 1 aliphatic rings. The van der Waals surface area contributed by atoms with Gasteiger partial charge in [0.25, 0.3) is 5.91 Å². The summed E-state index contributed by atoms with van der Waals surface area (Å²) < 4.78 is 5.74. The maximum atomic E-state index is 13.0. The Morgan fingerprint density at radius 2 is 2.07 bits per heavy atom. The molecule has 0 bridgehead atoms. The van der Waals surface area contributed by atoms with Crippen LogP contribution in [-0.2, 0) is 11.4 Å². The average Bonchev–Trinajstić information content (AvgIpc) is 2.78. The molecule has 6 nitrogen and oxygen atoms in total. The van der Waals surface area contributed by atoms with Crippen molar-refractivity contribution in [3.8, 4) is 5.88 Å². The number of ether oxygens (including phenoxy) is 1. The van der Waals surface area contributed by atoms with Gasteiger partial charge in [0, 0.05) is 37.5 Å². The summed E-state index contributed by atoms with van der Waals surface area (Å²) in [4.78, 5) is 31.3. The van der Waals surface area contributed by atoms with Crippen LogP contribution in [-0.4, -0.2) is 41.3 Å². The van der Waals surface area contributed by atoms with Gasteiger partial charge in [-0.2, -0.15) is 0 Å². The summed E-state index contributed by atoms with van der Waals surface area (Å²) in [5, 5.41) is 2.99. The first-order valence-corrected chi connectivity index (χ1v) is 10.4. The minimum absolute atomic E-state index is 0.0533. The Balaban J connectivity index is 1.58. The van der Waals surface area contributed by atoms with E-state index in [9.17, 15) is 9.59 Å². The van der Waals surface area contributed by atoms with E-state index in [-0.39, 0.29) is 17.7 Å². The second-order valence-electron chi connectivity index (χ2n) is 7.39. The van der Waals surface area contributed by atoms with E-state index in [1.54, 1.807) is 23.2 Å². The maximum Gasteiger partial charge on any atom is 0.254 e. The average molecular weight is 396 g/mol. The molecule has 2 aromatic rings. The maximum absolute atomic E-state index is 13.0. The van der Waals surface area contributed by atoms with Crippen molar-refractivity contribution < 1.29 is 14.3 Å². The van der Waals surface area contributed by atoms with Crippen LogP contribution in [0, 0.1) is 5.92 Å². The van der Waals surface area contributed by atoms with Gasteiger partial charge in [-0.25, -0.2) is 4.98 Å². The summed E-state index contributed by atoms with van der Waals surface area (Å²) in [6, 6.07) is 13.2. The standard InChI is InChI=1S/C23H29N3O3/c1-2-3-12-25-22(27)20-10-7-14-26(16-20)23(28)19-11-13-24-21(15-19)29-17-18-8-5-4-6-9-18/h4-6,8-9,11,13,15,20H,2-3,7,10,12,14,16-17H2,1H3,(H,25,27). The summed E-state index contributed by atoms with van der Waals surface area (Å²) >= 11 is 0. The van der Waals surface area contributed by atoms with Crippen LogP contribution in [0.25, 0.3) is 0 Å². The Labute approximate surface area is 172 Å². The molecular weight excluding hydrogens is 366 g/mol. The van der Waals surface area contributed by atoms with E-state index in [4.69, 9.17) is 4.74 Å². The quantitative estimate of drug-likeness (QED) is 0.695. The van der Waals surface area contributed by atoms with Crippen LogP contribution in [0.5, 0.6) is 5.88 Å². The fraction of sp³-hybridized carbons (Fsp3) is 0.435. The molecule has 0 saturated carbocycles. The number of rotatable bonds is 8. The highest BCUT2D eigenvalue weighted by Crippen LogP contribution is 2.20. The van der Waals surface area contributed by atoms with Gasteiger partial charge >= 0.3 is 0 Å². The van der Waals surface area contributed by atoms with Crippen molar-refractivity contribution in [3.05, 3.63) is 59.8 Å². The van der Waals surface area contributed by atoms with Crippen molar-refractivity contribution in [2.75, 3.05) is 19.6 Å². The van der Waals surface area contributed by atoms with Crippen LogP contribution in [0.2, 0.25) is 0 Å². The SMILES string of the molecule is CCCCNC(=O)C1CCCN(C(=O)c2ccnc(OCc3ccccc3)c2)C1. The Hall–Kier alpha value is -2.89. The molecule has 1 atom stereocenters. The lowest BCUT2D eigenvalue weighted by molar-refractivity contribution is -0.126. The molecule has 1 unspecified atom stereocenters. The predicted octanol–water partition coefficient (Wildman–Crippen LogP) is 3.43. The third-order valence-electron chi connectivity index (χ3n) is 5.12. The molecule has 6 heteroatoms. The first-order valence-electron chi connectivity index (χ1n) is 10.4. The molecule has 1 aromatic carbocycles. The number of benzene rings is 1. The van der Waals surface area contributed by atoms with E-state index in [0.717, 1.165) is 31.2 Å². The molecule has 1 fully saturated rings. The molecular formula is C23H29N3O3. The molecule has 0 spiro atoms. The zero-order valence-electron chi connectivity index (χ0n) is 17.0. The molecule has 0 aliphatic carbocycles. The number of unbranched alkanes of at least 4 members (excludes halogenated alkanes) is 1. The summed E-state index contributed by atoms with van der Waals surface area (Å²) in [5.74, 6) is 0.256. The predicted molar refractivity (Wildman–Crippen MR) is 112 cm³/mol. The number of piperidine rings is 1. The van der Waals surface area contributed by atoms with E-state index < -0.39 is 0 Å². The van der Waals surface area contributed by atoms with Crippen LogP contribution >= 0.6 is 0 Å². The van der Waals surface area contributed by atoms with Crippen molar-refractivity contribution >= 4 is 11.8 Å². The van der Waals surface area contributed by atoms with Gasteiger partial charge in [-0.05, 0) is 30.9 Å². The fourth-order valence-corrected chi connectivity index (χ4v) is 3.44. The number of amides is 2. The summed E-state index contributed by atoms with van der Waals surface area (Å²) in [6.07, 6.45) is 5.27. The number of carbonyl (C=O) groups excluding carboxylic acids is 2. The third kappa shape index (κ3) is 6.04. The number of carbonyl (C=O) groups is 2. The minimum Gasteiger partial charge on any atom is -0.473 e. The van der Waals surface area contributed by atoms with Gasteiger partial charge in [0.15, 0.2) is 0 Å². The van der Waals surface area contributed by atoms with Crippen molar-refractivity contribution in [1.29, 1.82) is 0 Å². The van der Waals surface area contributed by atoms with Crippen molar-refractivity contribution in [3.63, 3.8) is 0 Å². The number of nitrogens with zero attached hydrogens (tertiary/aromatic N) is 2. The van der Waals surface area contributed by atoms with Crippen LogP contribution < -0.4 is 10.1 Å². The van der Waals surface area contributed by atoms with E-state index in [1.807, 2.05) is 30.3 Å². The number of nitrogens with one attached hydrogen (secondary N) is 1. The summed E-state index contributed by atoms with van der Waals surface area (Å²) in [6.45, 7) is 4.32. The number of hydrogen-bond acceptors (Lipinski definition) is 4. The molecule has 0 radical (unpaired) electrons. The Kier molecular flexibility index (Phi) is 7.61. The molecule has 154 valence electrons. The fourth-order valence-electron chi connectivity index (χ4n) is 3.44. The highest BCUT2D eigenvalue weighted by Gasteiger charge is 2.28. The Morgan fingerprint density at radius 3 is 2.86 bits per heavy atom. The molecule has 1 aromatic heterocycles. The first-order chi connectivity index (χ1) is 14.2. The molecule has 2 heterocycles. The first kappa shape index (κ1) is 20.8. The van der Waals surface area contributed by atoms with Gasteiger partial charge in [-0.3, -0.25) is 9.59 Å². The molecule has 29 heavy (non-hydrogen) atoms. The molecule has 1 N–H and O–H groups in total. The summed E-state index contributed by atoms with van der Waals surface area (Å²) in [5.41, 5.74) is 1.58. The lowest BCUT2D eigenvalue weighted by Gasteiger charge is -2.32. The van der Waals surface area contributed by atoms with Crippen molar-refractivity contribution in [2.24, 2.45) is 5.92 Å². The van der Waals surface area contributed by atoms with Crippen molar-refractivity contribution in [2.45, 2.75) is 39.2 Å². The van der Waals surface area contributed by atoms with Gasteiger partial charge < -0.3 is 15.0 Å². The largest absolute Gasteiger partial charge is 0.473 e. The lowest BCUT2D eigenvalue weighted by Crippen LogP contribution is -2.45. The Bertz CT molecular complexity index is 810. The van der Waals surface area contributed by atoms with Crippen molar-refractivity contribution in [1.82, 2.24) is 15.2 Å². The third-order valence-corrected chi connectivity index (χ3v) is 5.12. The lowest BCUT2D eigenvalue weighted by atomic mass is 9.96. The molecule has 2 amide bonds. The number of aromatic nitrogens is 1. The topological polar surface area (TPSA) is 71.5 Å². The highest BCUT2D eigenvalue weighted by atomic mass is 16.5. The Morgan fingerprint density at radius 1 is 1.24 bits per heavy atom. The van der Waals surface area contributed by atoms with Gasteiger partial charge in [-0.1, -0.05) is 43.7 Å². The molecule has 3 rings (SSSR count). The monoisotopic (exact) mass is 395 g/mol. The van der Waals surface area contributed by atoms with Crippen LogP contribution in [0.4, 0.5) is 0 Å². The minimum atomic E-state index is -0.139. The second kappa shape index (κ2) is 10.6. The van der Waals surface area contributed by atoms with Gasteiger partial charge in [0.05, 0.1) is 5.92 Å². The van der Waals surface area contributed by atoms with Crippen LogP contribution in [0.3, 0.4) is 0 Å². The number of hydrogen-bond donors (Lipinski definition) is 1. The zero-order chi connectivity index (χ0) is 20.5. The second-order valence-corrected chi connectivity index (χ2v) is 7.39. The van der Waals surface area contributed by atoms with E-state index >= 15 is 0 Å². The van der Waals surface area contributed by atoms with E-state index in [1.165, 1.54) is 0 Å².